The van der Waals surface area contributed by atoms with Crippen molar-refractivity contribution in [2.45, 2.75) is 69.4 Å². The lowest BCUT2D eigenvalue weighted by atomic mass is 10.1. The number of carbonyl (C=O) groups excluding carboxylic acids is 1. The third-order valence-electron chi connectivity index (χ3n) is 5.23. The molecule has 0 aliphatic heterocycles. The SMILES string of the molecule is CC(C)n1nnc2cc(S(=O)(=O)N(C)CC(=O)NC3CCCCCC3)ccc21. The predicted octanol–water partition coefficient (Wildman–Crippen LogP) is 2.47. The van der Waals surface area contributed by atoms with Gasteiger partial charge in [-0.2, -0.15) is 4.31 Å². The standard InChI is InChI=1S/C19H29N5O3S/c1-14(2)24-18-11-10-16(12-17(18)21-22-24)28(26,27)23(3)13-19(25)20-15-8-6-4-5-7-9-15/h10-12,14-15H,4-9,13H2,1-3H3,(H,20,25). The van der Waals surface area contributed by atoms with Crippen LogP contribution in [0.5, 0.6) is 0 Å². The molecule has 1 aliphatic rings. The molecule has 1 aliphatic carbocycles. The molecule has 1 aromatic heterocycles. The van der Waals surface area contributed by atoms with Crippen molar-refractivity contribution in [2.75, 3.05) is 13.6 Å². The van der Waals surface area contributed by atoms with Crippen molar-refractivity contribution in [2.24, 2.45) is 0 Å². The van der Waals surface area contributed by atoms with Gasteiger partial charge in [-0.1, -0.05) is 30.9 Å². The molecule has 0 spiro atoms. The van der Waals surface area contributed by atoms with E-state index in [0.29, 0.717) is 5.52 Å². The molecule has 0 radical (unpaired) electrons. The maximum absolute atomic E-state index is 12.9. The summed E-state index contributed by atoms with van der Waals surface area (Å²) in [5, 5.41) is 11.1. The highest BCUT2D eigenvalue weighted by atomic mass is 32.2. The van der Waals surface area contributed by atoms with Crippen LogP contribution < -0.4 is 5.32 Å². The van der Waals surface area contributed by atoms with Crippen molar-refractivity contribution in [3.05, 3.63) is 18.2 Å². The molecule has 0 atom stereocenters. The molecule has 1 N–H and O–H groups in total. The zero-order chi connectivity index (χ0) is 20.3. The number of amides is 1. The highest BCUT2D eigenvalue weighted by Gasteiger charge is 2.25. The van der Waals surface area contributed by atoms with Crippen LogP contribution in [-0.4, -0.2) is 53.3 Å². The van der Waals surface area contributed by atoms with Gasteiger partial charge in [0.1, 0.15) is 5.52 Å². The normalized spacial score (nSPS) is 16.6. The van der Waals surface area contributed by atoms with Crippen molar-refractivity contribution < 1.29 is 13.2 Å². The Hall–Kier alpha value is -2.00. The number of likely N-dealkylation sites (N-methyl/N-ethyl adjacent to an activating group) is 1. The van der Waals surface area contributed by atoms with Crippen LogP contribution in [-0.2, 0) is 14.8 Å². The van der Waals surface area contributed by atoms with Crippen molar-refractivity contribution >= 4 is 27.0 Å². The highest BCUT2D eigenvalue weighted by molar-refractivity contribution is 7.89. The summed E-state index contributed by atoms with van der Waals surface area (Å²) < 4.78 is 28.6. The first-order valence-corrected chi connectivity index (χ1v) is 11.3. The van der Waals surface area contributed by atoms with E-state index in [1.165, 1.54) is 26.0 Å². The zero-order valence-electron chi connectivity index (χ0n) is 16.8. The van der Waals surface area contributed by atoms with Crippen LogP contribution in [0.2, 0.25) is 0 Å². The molecule has 0 saturated heterocycles. The molecule has 1 amide bonds. The van der Waals surface area contributed by atoms with E-state index in [-0.39, 0.29) is 29.4 Å². The fourth-order valence-electron chi connectivity index (χ4n) is 3.63. The number of aromatic nitrogens is 3. The van der Waals surface area contributed by atoms with Gasteiger partial charge in [-0.25, -0.2) is 13.1 Å². The molecule has 8 nitrogen and oxygen atoms in total. The van der Waals surface area contributed by atoms with Crippen LogP contribution >= 0.6 is 0 Å². The summed E-state index contributed by atoms with van der Waals surface area (Å²) in [6, 6.07) is 5.04. The molecule has 0 unspecified atom stereocenters. The van der Waals surface area contributed by atoms with Gasteiger partial charge >= 0.3 is 0 Å². The number of hydrogen-bond donors (Lipinski definition) is 1. The van der Waals surface area contributed by atoms with Crippen LogP contribution in [0.1, 0.15) is 58.4 Å². The summed E-state index contributed by atoms with van der Waals surface area (Å²) in [5.41, 5.74) is 1.30. The Bertz CT molecular complexity index is 930. The van der Waals surface area contributed by atoms with Gasteiger partial charge in [0.2, 0.25) is 15.9 Å². The predicted molar refractivity (Wildman–Crippen MR) is 107 cm³/mol. The lowest BCUT2D eigenvalue weighted by molar-refractivity contribution is -0.121. The Kier molecular flexibility index (Phi) is 6.34. The number of hydrogen-bond acceptors (Lipinski definition) is 5. The molecular formula is C19H29N5O3S. The second-order valence-corrected chi connectivity index (χ2v) is 9.84. The first-order chi connectivity index (χ1) is 13.3. The molecule has 1 aromatic carbocycles. The molecule has 1 fully saturated rings. The maximum atomic E-state index is 12.9. The minimum Gasteiger partial charge on any atom is -0.352 e. The summed E-state index contributed by atoms with van der Waals surface area (Å²) >= 11 is 0. The quantitative estimate of drug-likeness (QED) is 0.742. The van der Waals surface area contributed by atoms with Gasteiger partial charge in [0.25, 0.3) is 0 Å². The largest absolute Gasteiger partial charge is 0.352 e. The van der Waals surface area contributed by atoms with Gasteiger partial charge in [-0.05, 0) is 44.9 Å². The molecule has 1 heterocycles. The summed E-state index contributed by atoms with van der Waals surface area (Å²) in [4.78, 5) is 12.5. The van der Waals surface area contributed by atoms with Crippen molar-refractivity contribution in [1.82, 2.24) is 24.6 Å². The van der Waals surface area contributed by atoms with Gasteiger partial charge in [0, 0.05) is 19.1 Å². The van der Waals surface area contributed by atoms with E-state index >= 15 is 0 Å². The number of sulfonamides is 1. The molecular weight excluding hydrogens is 378 g/mol. The van der Waals surface area contributed by atoms with Gasteiger partial charge in [0.15, 0.2) is 0 Å². The second kappa shape index (κ2) is 8.57. The second-order valence-electron chi connectivity index (χ2n) is 7.80. The van der Waals surface area contributed by atoms with Gasteiger partial charge in [-0.3, -0.25) is 4.79 Å². The average Bonchev–Trinajstić information content (AvgIpc) is 2.91. The molecule has 28 heavy (non-hydrogen) atoms. The minimum atomic E-state index is -3.79. The van der Waals surface area contributed by atoms with E-state index in [0.717, 1.165) is 35.5 Å². The maximum Gasteiger partial charge on any atom is 0.243 e. The number of nitrogens with zero attached hydrogens (tertiary/aromatic N) is 4. The molecule has 0 bridgehead atoms. The van der Waals surface area contributed by atoms with Crippen LogP contribution in [0.25, 0.3) is 11.0 Å². The van der Waals surface area contributed by atoms with E-state index in [9.17, 15) is 13.2 Å². The smallest absolute Gasteiger partial charge is 0.243 e. The highest BCUT2D eigenvalue weighted by Crippen LogP contribution is 2.22. The number of carbonyl (C=O) groups is 1. The van der Waals surface area contributed by atoms with E-state index in [2.05, 4.69) is 15.6 Å². The monoisotopic (exact) mass is 407 g/mol. The fourth-order valence-corrected chi connectivity index (χ4v) is 4.78. The Morgan fingerprint density at radius 3 is 2.57 bits per heavy atom. The van der Waals surface area contributed by atoms with Crippen molar-refractivity contribution in [3.63, 3.8) is 0 Å². The Labute approximate surface area is 166 Å². The number of nitrogens with one attached hydrogen (secondary N) is 1. The summed E-state index contributed by atoms with van der Waals surface area (Å²) in [6.45, 7) is 3.77. The zero-order valence-corrected chi connectivity index (χ0v) is 17.6. The summed E-state index contributed by atoms with van der Waals surface area (Å²) in [5.74, 6) is -0.259. The molecule has 9 heteroatoms. The third kappa shape index (κ3) is 4.52. The third-order valence-corrected chi connectivity index (χ3v) is 7.03. The fraction of sp³-hybridized carbons (Fsp3) is 0.632. The summed E-state index contributed by atoms with van der Waals surface area (Å²) in [7, 11) is -2.36. The number of fused-ring (bicyclic) bond motifs is 1. The Balaban J connectivity index is 1.70. The molecule has 1 saturated carbocycles. The first-order valence-electron chi connectivity index (χ1n) is 9.89. The summed E-state index contributed by atoms with van der Waals surface area (Å²) in [6.07, 6.45) is 6.54. The van der Waals surface area contributed by atoms with E-state index < -0.39 is 10.0 Å². The van der Waals surface area contributed by atoms with E-state index in [1.54, 1.807) is 16.8 Å². The van der Waals surface area contributed by atoms with E-state index in [1.807, 2.05) is 13.8 Å². The van der Waals surface area contributed by atoms with Crippen molar-refractivity contribution in [3.8, 4) is 0 Å². The van der Waals surface area contributed by atoms with E-state index in [4.69, 9.17) is 0 Å². The lowest BCUT2D eigenvalue weighted by Gasteiger charge is -2.20. The minimum absolute atomic E-state index is 0.112. The van der Waals surface area contributed by atoms with Crippen LogP contribution in [0, 0.1) is 0 Å². The Morgan fingerprint density at radius 2 is 1.93 bits per heavy atom. The van der Waals surface area contributed by atoms with Crippen LogP contribution in [0.15, 0.2) is 23.1 Å². The van der Waals surface area contributed by atoms with Gasteiger partial charge < -0.3 is 5.32 Å². The first kappa shape index (κ1) is 20.7. The molecule has 154 valence electrons. The Morgan fingerprint density at radius 1 is 1.25 bits per heavy atom. The van der Waals surface area contributed by atoms with Crippen LogP contribution in [0.4, 0.5) is 0 Å². The van der Waals surface area contributed by atoms with Crippen molar-refractivity contribution in [1.29, 1.82) is 0 Å². The number of benzene rings is 1. The van der Waals surface area contributed by atoms with Crippen LogP contribution in [0.3, 0.4) is 0 Å². The topological polar surface area (TPSA) is 97.2 Å². The average molecular weight is 408 g/mol. The lowest BCUT2D eigenvalue weighted by Crippen LogP contribution is -2.42. The number of rotatable bonds is 6. The van der Waals surface area contributed by atoms with Gasteiger partial charge in [-0.15, -0.1) is 5.10 Å². The molecule has 3 rings (SSSR count). The molecule has 2 aromatic rings. The van der Waals surface area contributed by atoms with Gasteiger partial charge in [0.05, 0.1) is 17.0 Å².